The minimum atomic E-state index is -1.88. The minimum Gasteiger partial charge on any atom is -0.487 e. The molecule has 0 aliphatic carbocycles. The SMILES string of the molecule is CCOc1nn(Cc2ccc(OCc3csc(-c4ccccc4)n3)cc2)cc1CCC(=O)O[C@@H]1O[C@H](C(=O)O)[C@@H](O)[C@H](O)[C@H]1O. The van der Waals surface area contributed by atoms with E-state index in [0.29, 0.717) is 37.0 Å². The zero-order chi connectivity index (χ0) is 31.9. The van der Waals surface area contributed by atoms with Gasteiger partial charge in [-0.15, -0.1) is 16.4 Å². The van der Waals surface area contributed by atoms with Gasteiger partial charge in [-0.3, -0.25) is 9.48 Å². The number of ether oxygens (including phenoxy) is 4. The van der Waals surface area contributed by atoms with E-state index in [9.17, 15) is 30.0 Å². The highest BCUT2D eigenvalue weighted by Crippen LogP contribution is 2.26. The number of nitrogens with zero attached hydrogens (tertiary/aromatic N) is 3. The Kier molecular flexibility index (Phi) is 10.4. The largest absolute Gasteiger partial charge is 0.487 e. The molecular weight excluding hydrogens is 606 g/mol. The van der Waals surface area contributed by atoms with Gasteiger partial charge in [0, 0.05) is 29.1 Å². The van der Waals surface area contributed by atoms with Crippen LogP contribution in [0.5, 0.6) is 11.6 Å². The molecule has 5 rings (SSSR count). The summed E-state index contributed by atoms with van der Waals surface area (Å²) in [7, 11) is 0. The molecule has 0 radical (unpaired) electrons. The van der Waals surface area contributed by atoms with Crippen LogP contribution >= 0.6 is 11.3 Å². The van der Waals surface area contributed by atoms with Crippen molar-refractivity contribution in [3.05, 3.63) is 83.0 Å². The van der Waals surface area contributed by atoms with Crippen LogP contribution in [0.4, 0.5) is 0 Å². The van der Waals surface area contributed by atoms with Gasteiger partial charge in [0.25, 0.3) is 0 Å². The fourth-order valence-electron chi connectivity index (χ4n) is 4.65. The smallest absolute Gasteiger partial charge is 0.335 e. The maximum Gasteiger partial charge on any atom is 0.335 e. The van der Waals surface area contributed by atoms with Crippen LogP contribution in [0.3, 0.4) is 0 Å². The van der Waals surface area contributed by atoms with Crippen molar-refractivity contribution < 1.29 is 49.0 Å². The van der Waals surface area contributed by atoms with Gasteiger partial charge in [-0.05, 0) is 31.0 Å². The van der Waals surface area contributed by atoms with Crippen LogP contribution in [0.15, 0.2) is 66.2 Å². The number of carboxylic acid groups (broad SMARTS) is 1. The van der Waals surface area contributed by atoms with Gasteiger partial charge >= 0.3 is 11.9 Å². The standard InChI is InChI=1S/C31H33N3O10S/c1-2-41-28-20(10-13-23(35)43-31-26(38)24(36)25(37)27(44-31)30(39)40)15-34(33-28)14-18-8-11-22(12-9-18)42-16-21-17-45-29(32-21)19-6-4-3-5-7-19/h3-9,11-12,15,17,24-27,31,36-38H,2,10,13-14,16H2,1H3,(H,39,40)/t24-,25-,26+,27-,31+/m0/s1. The lowest BCUT2D eigenvalue weighted by molar-refractivity contribution is -0.286. The van der Waals surface area contributed by atoms with E-state index in [2.05, 4.69) is 10.1 Å². The number of thiazole rings is 1. The summed E-state index contributed by atoms with van der Waals surface area (Å²) in [5.41, 5.74) is 3.51. The number of hydrogen-bond acceptors (Lipinski definition) is 12. The summed E-state index contributed by atoms with van der Waals surface area (Å²) >= 11 is 1.57. The molecule has 1 fully saturated rings. The second kappa shape index (κ2) is 14.6. The Balaban J connectivity index is 1.14. The van der Waals surface area contributed by atoms with E-state index in [-0.39, 0.29) is 12.8 Å². The Bertz CT molecular complexity index is 1580. The third-order valence-corrected chi connectivity index (χ3v) is 7.91. The number of carbonyl (C=O) groups is 2. The van der Waals surface area contributed by atoms with E-state index < -0.39 is 42.6 Å². The number of aromatic nitrogens is 3. The lowest BCUT2D eigenvalue weighted by Crippen LogP contribution is -2.60. The second-order valence-corrected chi connectivity index (χ2v) is 11.1. The normalized spacial score (nSPS) is 21.3. The van der Waals surface area contributed by atoms with Crippen LogP contribution < -0.4 is 9.47 Å². The van der Waals surface area contributed by atoms with E-state index in [1.165, 1.54) is 0 Å². The Hall–Kier alpha value is -4.34. The van der Waals surface area contributed by atoms with Crippen molar-refractivity contribution in [1.29, 1.82) is 0 Å². The third-order valence-electron chi connectivity index (χ3n) is 6.97. The Labute approximate surface area is 262 Å². The molecule has 4 aromatic rings. The number of aryl methyl sites for hydroxylation is 1. The van der Waals surface area contributed by atoms with Crippen molar-refractivity contribution in [3.8, 4) is 22.2 Å². The molecule has 0 saturated carbocycles. The van der Waals surface area contributed by atoms with Gasteiger partial charge < -0.3 is 39.4 Å². The van der Waals surface area contributed by atoms with Crippen LogP contribution in [0.2, 0.25) is 0 Å². The van der Waals surface area contributed by atoms with E-state index in [1.807, 2.05) is 66.9 Å². The summed E-state index contributed by atoms with van der Waals surface area (Å²) in [5.74, 6) is -1.33. The van der Waals surface area contributed by atoms with Crippen molar-refractivity contribution in [1.82, 2.24) is 14.8 Å². The average molecular weight is 640 g/mol. The van der Waals surface area contributed by atoms with Gasteiger partial charge in [0.05, 0.1) is 18.8 Å². The zero-order valence-electron chi connectivity index (χ0n) is 24.3. The molecular formula is C31H33N3O10S. The summed E-state index contributed by atoms with van der Waals surface area (Å²) in [6.45, 7) is 2.94. The number of rotatable bonds is 13. The lowest BCUT2D eigenvalue weighted by Gasteiger charge is -2.37. The molecule has 3 heterocycles. The number of aliphatic carboxylic acids is 1. The molecule has 1 saturated heterocycles. The van der Waals surface area contributed by atoms with Gasteiger partial charge in [-0.25, -0.2) is 9.78 Å². The number of carboxylic acids is 1. The molecule has 5 atom stereocenters. The molecule has 238 valence electrons. The van der Waals surface area contributed by atoms with Gasteiger partial charge in [-0.2, -0.15) is 0 Å². The van der Waals surface area contributed by atoms with Gasteiger partial charge in [0.2, 0.25) is 12.2 Å². The third kappa shape index (κ3) is 8.04. The highest BCUT2D eigenvalue weighted by Gasteiger charge is 2.48. The van der Waals surface area contributed by atoms with Gasteiger partial charge in [-0.1, -0.05) is 42.5 Å². The summed E-state index contributed by atoms with van der Waals surface area (Å²) < 4.78 is 23.3. The molecule has 14 heteroatoms. The van der Waals surface area contributed by atoms with Crippen LogP contribution in [0, 0.1) is 0 Å². The topological polar surface area (TPSA) is 183 Å². The van der Waals surface area contributed by atoms with E-state index >= 15 is 0 Å². The maximum atomic E-state index is 12.5. The Morgan fingerprint density at radius 3 is 2.47 bits per heavy atom. The predicted molar refractivity (Wildman–Crippen MR) is 160 cm³/mol. The first-order chi connectivity index (χ1) is 21.7. The van der Waals surface area contributed by atoms with Crippen molar-refractivity contribution in [3.63, 3.8) is 0 Å². The average Bonchev–Trinajstić information content (AvgIpc) is 3.67. The zero-order valence-corrected chi connectivity index (χ0v) is 25.1. The van der Waals surface area contributed by atoms with Crippen LogP contribution in [-0.4, -0.2) is 84.4 Å². The van der Waals surface area contributed by atoms with Crippen LogP contribution in [-0.2, 0) is 38.6 Å². The fraction of sp³-hybridized carbons (Fsp3) is 0.355. The van der Waals surface area contributed by atoms with Crippen LogP contribution in [0.1, 0.15) is 30.2 Å². The van der Waals surface area contributed by atoms with Gasteiger partial charge in [0.15, 0.2) is 6.10 Å². The summed E-state index contributed by atoms with van der Waals surface area (Å²) in [6, 6.07) is 17.6. The summed E-state index contributed by atoms with van der Waals surface area (Å²) in [6.07, 6.45) is -7.45. The van der Waals surface area contributed by atoms with Crippen molar-refractivity contribution in [2.75, 3.05) is 6.61 Å². The molecule has 1 aliphatic heterocycles. The molecule has 0 amide bonds. The number of aliphatic hydroxyl groups excluding tert-OH is 3. The minimum absolute atomic E-state index is 0.167. The molecule has 2 aromatic heterocycles. The number of aliphatic hydroxyl groups is 3. The Morgan fingerprint density at radius 2 is 1.76 bits per heavy atom. The number of hydrogen-bond donors (Lipinski definition) is 4. The first-order valence-corrected chi connectivity index (χ1v) is 15.1. The highest BCUT2D eigenvalue weighted by atomic mass is 32.1. The van der Waals surface area contributed by atoms with E-state index in [0.717, 1.165) is 21.8 Å². The predicted octanol–water partition coefficient (Wildman–Crippen LogP) is 2.40. The second-order valence-electron chi connectivity index (χ2n) is 10.3. The molecule has 13 nitrogen and oxygen atoms in total. The summed E-state index contributed by atoms with van der Waals surface area (Å²) in [5, 5.41) is 46.4. The Morgan fingerprint density at radius 1 is 1.00 bits per heavy atom. The molecule has 45 heavy (non-hydrogen) atoms. The molecule has 0 spiro atoms. The van der Waals surface area contributed by atoms with Gasteiger partial charge in [0.1, 0.15) is 35.7 Å². The lowest BCUT2D eigenvalue weighted by atomic mass is 9.99. The first-order valence-electron chi connectivity index (χ1n) is 14.2. The van der Waals surface area contributed by atoms with Crippen molar-refractivity contribution in [2.45, 2.75) is 63.6 Å². The molecule has 0 bridgehead atoms. The highest BCUT2D eigenvalue weighted by molar-refractivity contribution is 7.13. The van der Waals surface area contributed by atoms with Crippen molar-refractivity contribution >= 4 is 23.3 Å². The molecule has 0 unspecified atom stereocenters. The van der Waals surface area contributed by atoms with E-state index in [4.69, 9.17) is 18.9 Å². The fourth-order valence-corrected chi connectivity index (χ4v) is 5.46. The maximum absolute atomic E-state index is 12.5. The molecule has 2 aromatic carbocycles. The quantitative estimate of drug-likeness (QED) is 0.157. The van der Waals surface area contributed by atoms with Crippen LogP contribution in [0.25, 0.3) is 10.6 Å². The molecule has 4 N–H and O–H groups in total. The first kappa shape index (κ1) is 32.1. The number of benzene rings is 2. The monoisotopic (exact) mass is 639 g/mol. The van der Waals surface area contributed by atoms with E-state index in [1.54, 1.807) is 22.2 Å². The number of carbonyl (C=O) groups excluding carboxylic acids is 1. The van der Waals surface area contributed by atoms with Crippen molar-refractivity contribution in [2.24, 2.45) is 0 Å². The number of esters is 1. The summed E-state index contributed by atoms with van der Waals surface area (Å²) in [4.78, 5) is 28.5. The molecule has 1 aliphatic rings.